The number of nitrogens with one attached hydrogen (secondary N) is 1. The Labute approximate surface area is 162 Å². The van der Waals surface area contributed by atoms with Crippen molar-refractivity contribution in [3.05, 3.63) is 77.7 Å². The first kappa shape index (κ1) is 17.6. The Bertz CT molecular complexity index is 1100. The van der Waals surface area contributed by atoms with Gasteiger partial charge >= 0.3 is 0 Å². The monoisotopic (exact) mass is 396 g/mol. The molecule has 0 saturated heterocycles. The predicted molar refractivity (Wildman–Crippen MR) is 106 cm³/mol. The van der Waals surface area contributed by atoms with E-state index in [4.69, 9.17) is 0 Å². The lowest BCUT2D eigenvalue weighted by molar-refractivity contribution is 0.102. The van der Waals surface area contributed by atoms with Gasteiger partial charge in [-0.15, -0.1) is 10.2 Å². The van der Waals surface area contributed by atoms with Crippen molar-refractivity contribution in [2.45, 2.75) is 10.1 Å². The minimum atomic E-state index is -0.327. The van der Waals surface area contributed by atoms with Gasteiger partial charge in [-0.05, 0) is 29.8 Å². The van der Waals surface area contributed by atoms with Gasteiger partial charge in [0, 0.05) is 11.1 Å². The average Bonchev–Trinajstić information content (AvgIpc) is 3.14. The second kappa shape index (κ2) is 7.81. The lowest BCUT2D eigenvalue weighted by atomic mass is 10.2. The minimum absolute atomic E-state index is 0.257. The summed E-state index contributed by atoms with van der Waals surface area (Å²) in [6.07, 6.45) is 0. The maximum Gasteiger partial charge on any atom is 0.276 e. The lowest BCUT2D eigenvalue weighted by Gasteiger charge is -2.02. The first-order valence-corrected chi connectivity index (χ1v) is 9.85. The lowest BCUT2D eigenvalue weighted by Crippen LogP contribution is -2.13. The van der Waals surface area contributed by atoms with Gasteiger partial charge in [0.15, 0.2) is 4.34 Å². The number of rotatable bonds is 5. The third-order valence-corrected chi connectivity index (χ3v) is 5.78. The van der Waals surface area contributed by atoms with Crippen molar-refractivity contribution in [3.63, 3.8) is 0 Å². The van der Waals surface area contributed by atoms with E-state index >= 15 is 0 Å². The first-order valence-electron chi connectivity index (χ1n) is 8.05. The van der Waals surface area contributed by atoms with Crippen LogP contribution in [0.15, 0.2) is 65.0 Å². The van der Waals surface area contributed by atoms with Gasteiger partial charge in [0.05, 0.1) is 5.52 Å². The molecule has 2 heterocycles. The molecule has 0 atom stereocenters. The van der Waals surface area contributed by atoms with E-state index in [1.807, 2.05) is 30.3 Å². The number of nitrogens with zero attached hydrogens (tertiary/aromatic N) is 3. The maximum absolute atomic E-state index is 12.9. The Morgan fingerprint density at radius 1 is 1.04 bits per heavy atom. The average molecular weight is 396 g/mol. The summed E-state index contributed by atoms with van der Waals surface area (Å²) in [6.45, 7) is 0. The molecule has 0 spiro atoms. The van der Waals surface area contributed by atoms with Crippen LogP contribution < -0.4 is 5.32 Å². The van der Waals surface area contributed by atoms with E-state index in [2.05, 4.69) is 20.5 Å². The second-order valence-electron chi connectivity index (χ2n) is 5.63. The van der Waals surface area contributed by atoms with Crippen molar-refractivity contribution >= 4 is 45.0 Å². The Balaban J connectivity index is 1.40. The van der Waals surface area contributed by atoms with Gasteiger partial charge in [0.2, 0.25) is 5.13 Å². The molecule has 4 rings (SSSR count). The molecule has 5 nitrogen and oxygen atoms in total. The van der Waals surface area contributed by atoms with Crippen LogP contribution in [0.1, 0.15) is 16.1 Å². The highest BCUT2D eigenvalue weighted by Gasteiger charge is 2.12. The van der Waals surface area contributed by atoms with Crippen LogP contribution in [0.2, 0.25) is 0 Å². The van der Waals surface area contributed by atoms with Gasteiger partial charge in [-0.2, -0.15) is 0 Å². The van der Waals surface area contributed by atoms with Crippen LogP contribution in [0.4, 0.5) is 9.52 Å². The first-order chi connectivity index (χ1) is 13.2. The van der Waals surface area contributed by atoms with Crippen LogP contribution in [0, 0.1) is 5.82 Å². The predicted octanol–water partition coefficient (Wildman–Crippen LogP) is 4.77. The molecule has 0 unspecified atom stereocenters. The number of hydrogen-bond acceptors (Lipinski definition) is 6. The van der Waals surface area contributed by atoms with Gasteiger partial charge in [0.1, 0.15) is 11.5 Å². The molecule has 27 heavy (non-hydrogen) atoms. The number of anilines is 1. The molecule has 2 aromatic carbocycles. The molecule has 8 heteroatoms. The number of benzene rings is 2. The van der Waals surface area contributed by atoms with Crippen molar-refractivity contribution in [2.75, 3.05) is 5.32 Å². The summed E-state index contributed by atoms with van der Waals surface area (Å²) in [5, 5.41) is 12.2. The van der Waals surface area contributed by atoms with Crippen LogP contribution in [-0.2, 0) is 5.75 Å². The van der Waals surface area contributed by atoms with Crippen molar-refractivity contribution in [3.8, 4) is 0 Å². The Morgan fingerprint density at radius 3 is 2.70 bits per heavy atom. The summed E-state index contributed by atoms with van der Waals surface area (Å²) in [7, 11) is 0. The fraction of sp³-hybridized carbons (Fsp3) is 0.0526. The second-order valence-corrected chi connectivity index (χ2v) is 7.83. The zero-order chi connectivity index (χ0) is 18.6. The molecule has 0 fully saturated rings. The molecule has 0 aliphatic carbocycles. The summed E-state index contributed by atoms with van der Waals surface area (Å²) in [6, 6.07) is 17.5. The molecule has 134 valence electrons. The topological polar surface area (TPSA) is 67.8 Å². The molecule has 0 bridgehead atoms. The van der Waals surface area contributed by atoms with E-state index in [-0.39, 0.29) is 11.7 Å². The summed E-state index contributed by atoms with van der Waals surface area (Å²) in [5.74, 6) is 0.0636. The highest BCUT2D eigenvalue weighted by Crippen LogP contribution is 2.28. The van der Waals surface area contributed by atoms with Crippen LogP contribution in [-0.4, -0.2) is 21.1 Å². The number of carbonyl (C=O) groups excluding carboxylic acids is 1. The molecule has 1 N–H and O–H groups in total. The molecular formula is C19H13FN4OS2. The number of hydrogen-bond donors (Lipinski definition) is 1. The summed E-state index contributed by atoms with van der Waals surface area (Å²) < 4.78 is 13.7. The number of aromatic nitrogens is 3. The van der Waals surface area contributed by atoms with E-state index in [0.29, 0.717) is 16.6 Å². The third kappa shape index (κ3) is 4.29. The number of carbonyl (C=O) groups is 1. The highest BCUT2D eigenvalue weighted by atomic mass is 32.2. The van der Waals surface area contributed by atoms with Crippen LogP contribution in [0.3, 0.4) is 0 Å². The van der Waals surface area contributed by atoms with Gasteiger partial charge in [-0.1, -0.05) is 59.5 Å². The van der Waals surface area contributed by atoms with Gasteiger partial charge in [-0.3, -0.25) is 10.1 Å². The highest BCUT2D eigenvalue weighted by molar-refractivity contribution is 8.00. The molecular weight excluding hydrogens is 383 g/mol. The van der Waals surface area contributed by atoms with Crippen molar-refractivity contribution in [1.29, 1.82) is 0 Å². The Kier molecular flexibility index (Phi) is 5.08. The summed E-state index contributed by atoms with van der Waals surface area (Å²) >= 11 is 2.77. The maximum atomic E-state index is 12.9. The number of halogens is 1. The van der Waals surface area contributed by atoms with Gasteiger partial charge in [-0.25, -0.2) is 9.37 Å². The molecule has 1 amide bonds. The van der Waals surface area contributed by atoms with Crippen molar-refractivity contribution in [2.24, 2.45) is 0 Å². The molecule has 2 aromatic heterocycles. The van der Waals surface area contributed by atoms with Crippen molar-refractivity contribution < 1.29 is 9.18 Å². The van der Waals surface area contributed by atoms with E-state index in [1.54, 1.807) is 18.2 Å². The van der Waals surface area contributed by atoms with Crippen molar-refractivity contribution in [1.82, 2.24) is 15.2 Å². The smallest absolute Gasteiger partial charge is 0.276 e. The van der Waals surface area contributed by atoms with E-state index < -0.39 is 0 Å². The van der Waals surface area contributed by atoms with E-state index in [1.165, 1.54) is 35.2 Å². The standard InChI is InChI=1S/C19H13FN4OS2/c20-14-8-5-12(6-9-14)11-26-19-24-23-18(27-19)22-17(25)16-10-7-13-3-1-2-4-15(13)21-16/h1-10H,11H2,(H,22,23,25). The SMILES string of the molecule is O=C(Nc1nnc(SCc2ccc(F)cc2)s1)c1ccc2ccccc2n1. The molecule has 0 radical (unpaired) electrons. The molecule has 0 aliphatic heterocycles. The number of amides is 1. The molecule has 0 saturated carbocycles. The van der Waals surface area contributed by atoms with Gasteiger partial charge < -0.3 is 0 Å². The van der Waals surface area contributed by atoms with Gasteiger partial charge in [0.25, 0.3) is 5.91 Å². The summed E-state index contributed by atoms with van der Waals surface area (Å²) in [4.78, 5) is 16.8. The fourth-order valence-electron chi connectivity index (χ4n) is 2.40. The van der Waals surface area contributed by atoms with Crippen LogP contribution in [0.25, 0.3) is 10.9 Å². The molecule has 0 aliphatic rings. The number of pyridine rings is 1. The fourth-order valence-corrected chi connectivity index (χ4v) is 4.10. The number of para-hydroxylation sites is 1. The normalized spacial score (nSPS) is 10.9. The van der Waals surface area contributed by atoms with Crippen LogP contribution >= 0.6 is 23.1 Å². The largest absolute Gasteiger partial charge is 0.295 e. The zero-order valence-electron chi connectivity index (χ0n) is 13.9. The Hall–Kier alpha value is -2.84. The quantitative estimate of drug-likeness (QED) is 0.389. The zero-order valence-corrected chi connectivity index (χ0v) is 15.6. The third-order valence-electron chi connectivity index (χ3n) is 3.73. The summed E-state index contributed by atoms with van der Waals surface area (Å²) in [5.41, 5.74) is 2.07. The molecule has 4 aromatic rings. The van der Waals surface area contributed by atoms with E-state index in [9.17, 15) is 9.18 Å². The van der Waals surface area contributed by atoms with E-state index in [0.717, 1.165) is 20.8 Å². The van der Waals surface area contributed by atoms with Crippen LogP contribution in [0.5, 0.6) is 0 Å². The number of fused-ring (bicyclic) bond motifs is 1. The Morgan fingerprint density at radius 2 is 1.85 bits per heavy atom. The number of thioether (sulfide) groups is 1. The minimum Gasteiger partial charge on any atom is -0.295 e.